The molecule has 3 aliphatic rings. The molecular weight excluding hydrogens is 284 g/mol. The predicted octanol–water partition coefficient (Wildman–Crippen LogP) is 3.37. The van der Waals surface area contributed by atoms with Crippen molar-refractivity contribution in [3.8, 4) is 0 Å². The van der Waals surface area contributed by atoms with Crippen LogP contribution in [0.25, 0.3) is 0 Å². The van der Waals surface area contributed by atoms with Crippen LogP contribution in [-0.4, -0.2) is 36.0 Å². The highest BCUT2D eigenvalue weighted by Gasteiger charge is 2.35. The van der Waals surface area contributed by atoms with E-state index < -0.39 is 0 Å². The summed E-state index contributed by atoms with van der Waals surface area (Å²) in [5.41, 5.74) is 0. The van der Waals surface area contributed by atoms with Crippen molar-refractivity contribution in [2.24, 2.45) is 11.8 Å². The maximum absolute atomic E-state index is 12.6. The summed E-state index contributed by atoms with van der Waals surface area (Å²) in [4.78, 5) is 14.7. The van der Waals surface area contributed by atoms with Gasteiger partial charge in [0, 0.05) is 31.6 Å². The second kappa shape index (κ2) is 7.32. The Kier molecular flexibility index (Phi) is 5.96. The summed E-state index contributed by atoms with van der Waals surface area (Å²) >= 11 is 0. The lowest BCUT2D eigenvalue weighted by Gasteiger charge is -2.37. The second-order valence-electron chi connectivity index (χ2n) is 7.51. The highest BCUT2D eigenvalue weighted by Crippen LogP contribution is 2.34. The van der Waals surface area contributed by atoms with Crippen LogP contribution in [0.15, 0.2) is 0 Å². The van der Waals surface area contributed by atoms with Crippen LogP contribution < -0.4 is 5.32 Å². The van der Waals surface area contributed by atoms with Crippen molar-refractivity contribution in [3.05, 3.63) is 0 Å². The minimum absolute atomic E-state index is 0. The molecule has 1 aliphatic carbocycles. The lowest BCUT2D eigenvalue weighted by atomic mass is 9.84. The Hall–Kier alpha value is -0.280. The maximum Gasteiger partial charge on any atom is 0.222 e. The minimum Gasteiger partial charge on any atom is -0.343 e. The number of hydrogen-bond donors (Lipinski definition) is 1. The quantitative estimate of drug-likeness (QED) is 0.866. The van der Waals surface area contributed by atoms with Gasteiger partial charge in [-0.2, -0.15) is 0 Å². The van der Waals surface area contributed by atoms with E-state index in [0.717, 1.165) is 6.42 Å². The molecule has 4 heteroatoms. The molecule has 4 unspecified atom stereocenters. The smallest absolute Gasteiger partial charge is 0.222 e. The molecule has 1 saturated carbocycles. The van der Waals surface area contributed by atoms with Crippen LogP contribution in [0.4, 0.5) is 0 Å². The summed E-state index contributed by atoms with van der Waals surface area (Å²) in [5, 5.41) is 3.67. The van der Waals surface area contributed by atoms with Gasteiger partial charge in [0.05, 0.1) is 0 Å². The van der Waals surface area contributed by atoms with Gasteiger partial charge in [-0.3, -0.25) is 4.79 Å². The van der Waals surface area contributed by atoms with E-state index in [9.17, 15) is 4.79 Å². The average Bonchev–Trinajstić information content (AvgIpc) is 2.77. The zero-order valence-corrected chi connectivity index (χ0v) is 14.3. The number of nitrogens with zero attached hydrogens (tertiary/aromatic N) is 1. The first-order chi connectivity index (χ1) is 9.63. The molecule has 0 aromatic carbocycles. The summed E-state index contributed by atoms with van der Waals surface area (Å²) in [5.74, 6) is 1.71. The molecule has 3 fully saturated rings. The van der Waals surface area contributed by atoms with Gasteiger partial charge in [-0.25, -0.2) is 0 Å². The van der Waals surface area contributed by atoms with Crippen molar-refractivity contribution in [1.82, 2.24) is 10.2 Å². The van der Waals surface area contributed by atoms with Gasteiger partial charge in [0.2, 0.25) is 5.91 Å². The van der Waals surface area contributed by atoms with Crippen LogP contribution in [0.2, 0.25) is 0 Å². The normalized spacial score (nSPS) is 38.7. The summed E-state index contributed by atoms with van der Waals surface area (Å²) in [7, 11) is 2.05. The van der Waals surface area contributed by atoms with E-state index in [1.807, 2.05) is 7.05 Å². The Morgan fingerprint density at radius 3 is 2.33 bits per heavy atom. The van der Waals surface area contributed by atoms with E-state index in [2.05, 4.69) is 17.1 Å². The lowest BCUT2D eigenvalue weighted by Crippen LogP contribution is -2.44. The maximum atomic E-state index is 12.6. The number of hydrogen-bond acceptors (Lipinski definition) is 2. The van der Waals surface area contributed by atoms with Crippen molar-refractivity contribution in [2.75, 3.05) is 7.05 Å². The summed E-state index contributed by atoms with van der Waals surface area (Å²) < 4.78 is 0. The highest BCUT2D eigenvalue weighted by molar-refractivity contribution is 5.85. The van der Waals surface area contributed by atoms with Crippen LogP contribution in [0.3, 0.4) is 0 Å². The van der Waals surface area contributed by atoms with Crippen molar-refractivity contribution >= 4 is 18.3 Å². The van der Waals surface area contributed by atoms with Crippen LogP contribution in [0.5, 0.6) is 0 Å². The van der Waals surface area contributed by atoms with Gasteiger partial charge in [-0.15, -0.1) is 12.4 Å². The topological polar surface area (TPSA) is 32.3 Å². The zero-order valence-electron chi connectivity index (χ0n) is 13.5. The molecule has 0 aromatic heterocycles. The van der Waals surface area contributed by atoms with Crippen molar-refractivity contribution in [2.45, 2.75) is 82.8 Å². The fourth-order valence-corrected chi connectivity index (χ4v) is 4.79. The van der Waals surface area contributed by atoms with Crippen LogP contribution in [-0.2, 0) is 4.79 Å². The summed E-state index contributed by atoms with van der Waals surface area (Å²) in [6.45, 7) is 2.32. The number of amides is 1. The monoisotopic (exact) mass is 314 g/mol. The number of nitrogens with one attached hydrogen (secondary N) is 1. The number of carbonyl (C=O) groups excluding carboxylic acids is 1. The SMILES string of the molecule is CC1CCCCC1N(C)C(=O)CC1CC2CCC(C1)N2.Cl. The molecule has 0 spiro atoms. The van der Waals surface area contributed by atoms with Crippen LogP contribution in [0.1, 0.15) is 64.7 Å². The van der Waals surface area contributed by atoms with Gasteiger partial charge >= 0.3 is 0 Å². The molecule has 2 bridgehead atoms. The van der Waals surface area contributed by atoms with Gasteiger partial charge in [0.15, 0.2) is 0 Å². The standard InChI is InChI=1S/C17H30N2O.ClH/c1-12-5-3-4-6-16(12)19(2)17(20)11-13-9-14-7-8-15(10-13)18-14;/h12-16,18H,3-11H2,1-2H3;1H. The summed E-state index contributed by atoms with van der Waals surface area (Å²) in [6, 6.07) is 1.89. The molecule has 0 radical (unpaired) electrons. The highest BCUT2D eigenvalue weighted by atomic mass is 35.5. The van der Waals surface area contributed by atoms with E-state index >= 15 is 0 Å². The first-order valence-electron chi connectivity index (χ1n) is 8.65. The molecule has 2 heterocycles. The number of halogens is 1. The molecule has 4 atom stereocenters. The molecular formula is C17H31ClN2O. The van der Waals surface area contributed by atoms with Gasteiger partial charge in [-0.1, -0.05) is 19.8 Å². The van der Waals surface area contributed by atoms with E-state index in [0.29, 0.717) is 35.9 Å². The van der Waals surface area contributed by atoms with Gasteiger partial charge in [0.1, 0.15) is 0 Å². The Morgan fingerprint density at radius 1 is 1.10 bits per heavy atom. The minimum atomic E-state index is 0. The Morgan fingerprint density at radius 2 is 1.71 bits per heavy atom. The molecule has 21 heavy (non-hydrogen) atoms. The lowest BCUT2D eigenvalue weighted by molar-refractivity contribution is -0.134. The average molecular weight is 315 g/mol. The third kappa shape index (κ3) is 3.92. The largest absolute Gasteiger partial charge is 0.343 e. The van der Waals surface area contributed by atoms with E-state index in [1.165, 1.54) is 51.4 Å². The van der Waals surface area contributed by atoms with Crippen LogP contribution >= 0.6 is 12.4 Å². The number of fused-ring (bicyclic) bond motifs is 2. The Bertz CT molecular complexity index is 351. The number of carbonyl (C=O) groups is 1. The fraction of sp³-hybridized carbons (Fsp3) is 0.941. The van der Waals surface area contributed by atoms with Crippen molar-refractivity contribution in [1.29, 1.82) is 0 Å². The van der Waals surface area contributed by atoms with E-state index in [-0.39, 0.29) is 12.4 Å². The molecule has 0 aromatic rings. The third-order valence-corrected chi connectivity index (χ3v) is 5.99. The fourth-order valence-electron chi connectivity index (χ4n) is 4.79. The molecule has 1 N–H and O–H groups in total. The number of rotatable bonds is 3. The molecule has 3 rings (SSSR count). The first-order valence-corrected chi connectivity index (χ1v) is 8.65. The van der Waals surface area contributed by atoms with Crippen LogP contribution in [0, 0.1) is 11.8 Å². The summed E-state index contributed by atoms with van der Waals surface area (Å²) in [6.07, 6.45) is 11.0. The Balaban J connectivity index is 0.00000161. The van der Waals surface area contributed by atoms with Crippen molar-refractivity contribution in [3.63, 3.8) is 0 Å². The Labute approximate surface area is 135 Å². The van der Waals surface area contributed by atoms with Gasteiger partial charge in [0.25, 0.3) is 0 Å². The number of piperidine rings is 1. The van der Waals surface area contributed by atoms with Gasteiger partial charge < -0.3 is 10.2 Å². The molecule has 3 nitrogen and oxygen atoms in total. The van der Waals surface area contributed by atoms with E-state index in [4.69, 9.17) is 0 Å². The zero-order chi connectivity index (χ0) is 14.1. The second-order valence-corrected chi connectivity index (χ2v) is 7.51. The first kappa shape index (κ1) is 17.1. The molecule has 2 saturated heterocycles. The van der Waals surface area contributed by atoms with Crippen molar-refractivity contribution < 1.29 is 4.79 Å². The van der Waals surface area contributed by atoms with E-state index in [1.54, 1.807) is 0 Å². The third-order valence-electron chi connectivity index (χ3n) is 5.99. The molecule has 1 amide bonds. The molecule has 122 valence electrons. The predicted molar refractivity (Wildman–Crippen MR) is 88.7 cm³/mol. The molecule has 2 aliphatic heterocycles. The van der Waals surface area contributed by atoms with Gasteiger partial charge in [-0.05, 0) is 50.4 Å².